The second kappa shape index (κ2) is 7.66. The Hall–Kier alpha value is -1.79. The van der Waals surface area contributed by atoms with Gasteiger partial charge in [0.25, 0.3) is 5.91 Å². The van der Waals surface area contributed by atoms with Gasteiger partial charge in [0.15, 0.2) is 0 Å². The predicted octanol–water partition coefficient (Wildman–Crippen LogP) is 1.59. The summed E-state index contributed by atoms with van der Waals surface area (Å²) >= 11 is 0. The number of halogens is 1. The largest absolute Gasteiger partial charge is 0.338 e. The number of amides is 3. The summed E-state index contributed by atoms with van der Waals surface area (Å²) in [5.74, 6) is 0.00668. The summed E-state index contributed by atoms with van der Waals surface area (Å²) in [5.41, 5.74) is 7.14. The van der Waals surface area contributed by atoms with E-state index in [4.69, 9.17) is 5.73 Å². The molecule has 2 aliphatic heterocycles. The summed E-state index contributed by atoms with van der Waals surface area (Å²) in [6, 6.07) is 7.34. The van der Waals surface area contributed by atoms with Crippen molar-refractivity contribution in [2.24, 2.45) is 5.73 Å². The van der Waals surface area contributed by atoms with Crippen molar-refractivity contribution < 1.29 is 9.59 Å². The van der Waals surface area contributed by atoms with Gasteiger partial charge in [0, 0.05) is 43.5 Å². The molecule has 1 aromatic rings. The zero-order valence-corrected chi connectivity index (χ0v) is 13.8. The third kappa shape index (κ3) is 3.59. The van der Waals surface area contributed by atoms with Crippen LogP contribution in [-0.4, -0.2) is 49.1 Å². The monoisotopic (exact) mass is 338 g/mol. The van der Waals surface area contributed by atoms with Gasteiger partial charge >= 0.3 is 6.03 Å². The van der Waals surface area contributed by atoms with Crippen molar-refractivity contribution in [2.45, 2.75) is 25.3 Å². The third-order valence-corrected chi connectivity index (χ3v) is 4.39. The van der Waals surface area contributed by atoms with E-state index >= 15 is 0 Å². The second-order valence-corrected chi connectivity index (χ2v) is 5.82. The quantitative estimate of drug-likeness (QED) is 0.878. The highest BCUT2D eigenvalue weighted by Gasteiger charge is 2.29. The number of nitrogens with zero attached hydrogens (tertiary/aromatic N) is 2. The van der Waals surface area contributed by atoms with Gasteiger partial charge in [0.05, 0.1) is 0 Å². The lowest BCUT2D eigenvalue weighted by Gasteiger charge is -2.28. The Labute approximate surface area is 142 Å². The summed E-state index contributed by atoms with van der Waals surface area (Å²) in [4.78, 5) is 28.2. The fraction of sp³-hybridized carbons (Fsp3) is 0.500. The third-order valence-electron chi connectivity index (χ3n) is 4.39. The van der Waals surface area contributed by atoms with Gasteiger partial charge in [-0.05, 0) is 37.5 Å². The van der Waals surface area contributed by atoms with Crippen LogP contribution in [0.15, 0.2) is 24.3 Å². The molecule has 2 aliphatic rings. The Morgan fingerprint density at radius 1 is 1.30 bits per heavy atom. The maximum atomic E-state index is 12.7. The van der Waals surface area contributed by atoms with Crippen LogP contribution in [0.25, 0.3) is 0 Å². The minimum absolute atomic E-state index is 0. The summed E-state index contributed by atoms with van der Waals surface area (Å²) in [5, 5.41) is 2.83. The second-order valence-electron chi connectivity index (χ2n) is 5.82. The lowest BCUT2D eigenvalue weighted by molar-refractivity contribution is 0.0741. The molecule has 1 unspecified atom stereocenters. The molecule has 1 atom stereocenters. The molecule has 0 radical (unpaired) electrons. The molecule has 3 N–H and O–H groups in total. The first-order valence-electron chi connectivity index (χ1n) is 7.87. The fourth-order valence-corrected chi connectivity index (χ4v) is 3.20. The van der Waals surface area contributed by atoms with E-state index < -0.39 is 0 Å². The molecule has 3 amide bonds. The molecular formula is C16H23ClN4O2. The molecule has 2 heterocycles. The molecule has 0 saturated carbocycles. The summed E-state index contributed by atoms with van der Waals surface area (Å²) in [6.45, 7) is 2.65. The number of anilines is 1. The molecule has 6 nitrogen and oxygen atoms in total. The van der Waals surface area contributed by atoms with Gasteiger partial charge in [0.2, 0.25) is 0 Å². The van der Waals surface area contributed by atoms with Crippen LogP contribution in [0.1, 0.15) is 29.6 Å². The first kappa shape index (κ1) is 17.6. The number of urea groups is 1. The van der Waals surface area contributed by atoms with Crippen molar-refractivity contribution in [3.63, 3.8) is 0 Å². The molecule has 126 valence electrons. The molecule has 2 fully saturated rings. The first-order valence-corrected chi connectivity index (χ1v) is 7.87. The Morgan fingerprint density at radius 2 is 2.13 bits per heavy atom. The number of likely N-dealkylation sites (tertiary alicyclic amines) is 1. The summed E-state index contributed by atoms with van der Waals surface area (Å²) < 4.78 is 0. The van der Waals surface area contributed by atoms with Crippen molar-refractivity contribution in [3.05, 3.63) is 29.8 Å². The maximum absolute atomic E-state index is 12.7. The van der Waals surface area contributed by atoms with Gasteiger partial charge < -0.3 is 16.0 Å². The Balaban J connectivity index is 0.00000192. The summed E-state index contributed by atoms with van der Waals surface area (Å²) in [6.07, 6.45) is 2.88. The van der Waals surface area contributed by atoms with Crippen molar-refractivity contribution >= 4 is 30.0 Å². The van der Waals surface area contributed by atoms with Gasteiger partial charge in [-0.2, -0.15) is 0 Å². The number of carbonyl (C=O) groups is 2. The Morgan fingerprint density at radius 3 is 2.87 bits per heavy atom. The van der Waals surface area contributed by atoms with E-state index in [0.29, 0.717) is 25.2 Å². The van der Waals surface area contributed by atoms with E-state index in [1.165, 1.54) is 0 Å². The lowest BCUT2D eigenvalue weighted by atomic mass is 10.1. The van der Waals surface area contributed by atoms with E-state index in [2.05, 4.69) is 5.32 Å². The minimum Gasteiger partial charge on any atom is -0.338 e. The van der Waals surface area contributed by atoms with Crippen molar-refractivity contribution in [2.75, 3.05) is 31.1 Å². The molecule has 2 saturated heterocycles. The molecule has 1 aromatic carbocycles. The van der Waals surface area contributed by atoms with Crippen LogP contribution >= 0.6 is 12.4 Å². The lowest BCUT2D eigenvalue weighted by Crippen LogP contribution is -2.46. The highest BCUT2D eigenvalue weighted by molar-refractivity contribution is 5.98. The zero-order valence-electron chi connectivity index (χ0n) is 13.0. The molecule has 0 aliphatic carbocycles. The average molecular weight is 339 g/mol. The van der Waals surface area contributed by atoms with Gasteiger partial charge in [0.1, 0.15) is 0 Å². The van der Waals surface area contributed by atoms with Crippen LogP contribution < -0.4 is 16.0 Å². The van der Waals surface area contributed by atoms with Gasteiger partial charge in [-0.25, -0.2) is 4.79 Å². The van der Waals surface area contributed by atoms with Gasteiger partial charge in [-0.15, -0.1) is 12.4 Å². The van der Waals surface area contributed by atoms with Gasteiger partial charge in [-0.1, -0.05) is 6.07 Å². The van der Waals surface area contributed by atoms with Crippen LogP contribution in [0, 0.1) is 0 Å². The molecule has 7 heteroatoms. The van der Waals surface area contributed by atoms with E-state index in [1.807, 2.05) is 17.0 Å². The van der Waals surface area contributed by atoms with Crippen LogP contribution in [0.2, 0.25) is 0 Å². The number of nitrogens with one attached hydrogen (secondary N) is 1. The predicted molar refractivity (Wildman–Crippen MR) is 92.2 cm³/mol. The first-order chi connectivity index (χ1) is 10.7. The average Bonchev–Trinajstić information content (AvgIpc) is 3.03. The van der Waals surface area contributed by atoms with E-state index in [-0.39, 0.29) is 30.4 Å². The molecule has 23 heavy (non-hydrogen) atoms. The Bertz CT molecular complexity index is 581. The fourth-order valence-electron chi connectivity index (χ4n) is 3.20. The number of nitrogens with two attached hydrogens (primary N) is 1. The maximum Gasteiger partial charge on any atom is 0.321 e. The highest BCUT2D eigenvalue weighted by atomic mass is 35.5. The van der Waals surface area contributed by atoms with Gasteiger partial charge in [-0.3, -0.25) is 9.69 Å². The van der Waals surface area contributed by atoms with Crippen LogP contribution in [-0.2, 0) is 0 Å². The van der Waals surface area contributed by atoms with E-state index in [0.717, 1.165) is 31.5 Å². The van der Waals surface area contributed by atoms with E-state index in [9.17, 15) is 9.59 Å². The molecule has 0 bridgehead atoms. The van der Waals surface area contributed by atoms with Crippen molar-refractivity contribution in [1.29, 1.82) is 0 Å². The molecule has 0 spiro atoms. The molecule has 3 rings (SSSR count). The highest BCUT2D eigenvalue weighted by Crippen LogP contribution is 2.23. The Kier molecular flexibility index (Phi) is 5.85. The number of benzene rings is 1. The van der Waals surface area contributed by atoms with Crippen molar-refractivity contribution in [3.8, 4) is 0 Å². The summed E-state index contributed by atoms with van der Waals surface area (Å²) in [7, 11) is 0. The number of rotatable bonds is 3. The standard InChI is InChI=1S/C16H22N4O2.ClH/c17-11-14-6-2-8-19(14)15(21)12-4-1-5-13(10-12)20-9-3-7-18-16(20)22;/h1,4-5,10,14H,2-3,6-9,11,17H2,(H,18,22);1H. The van der Waals surface area contributed by atoms with Crippen LogP contribution in [0.5, 0.6) is 0 Å². The minimum atomic E-state index is -0.100. The van der Waals surface area contributed by atoms with Crippen LogP contribution in [0.3, 0.4) is 0 Å². The normalized spacial score (nSPS) is 20.9. The zero-order chi connectivity index (χ0) is 15.5. The van der Waals surface area contributed by atoms with Crippen LogP contribution in [0.4, 0.5) is 10.5 Å². The number of hydrogen-bond donors (Lipinski definition) is 2. The number of hydrogen-bond acceptors (Lipinski definition) is 3. The number of carbonyl (C=O) groups excluding carboxylic acids is 2. The molecule has 0 aromatic heterocycles. The smallest absolute Gasteiger partial charge is 0.321 e. The molecular weight excluding hydrogens is 316 g/mol. The van der Waals surface area contributed by atoms with E-state index in [1.54, 1.807) is 17.0 Å². The SMILES string of the molecule is Cl.NCC1CCCN1C(=O)c1cccc(N2CCCNC2=O)c1. The topological polar surface area (TPSA) is 78.7 Å². The van der Waals surface area contributed by atoms with Crippen molar-refractivity contribution in [1.82, 2.24) is 10.2 Å².